The second-order valence-electron chi connectivity index (χ2n) is 3.42. The highest BCUT2D eigenvalue weighted by atomic mass is 35.5. The summed E-state index contributed by atoms with van der Waals surface area (Å²) in [6.45, 7) is 0.345. The number of nitrogens with zero attached hydrogens (tertiary/aromatic N) is 3. The van der Waals surface area contributed by atoms with Crippen LogP contribution in [-0.4, -0.2) is 48.8 Å². The molecule has 0 unspecified atom stereocenters. The summed E-state index contributed by atoms with van der Waals surface area (Å²) < 4.78 is 24.9. The zero-order valence-electron chi connectivity index (χ0n) is 10.0. The van der Waals surface area contributed by atoms with Crippen molar-refractivity contribution in [1.82, 2.24) is 14.1 Å². The summed E-state index contributed by atoms with van der Waals surface area (Å²) in [6, 6.07) is 3.48. The minimum absolute atomic E-state index is 0.173. The summed E-state index contributed by atoms with van der Waals surface area (Å²) in [5.41, 5.74) is 0.687. The minimum atomic E-state index is -3.72. The molecule has 1 rings (SSSR count). The molecule has 106 valence electrons. The van der Waals surface area contributed by atoms with Gasteiger partial charge in [0.15, 0.2) is 0 Å². The highest BCUT2D eigenvalue weighted by molar-refractivity contribution is 7.87. The Morgan fingerprint density at radius 3 is 2.58 bits per heavy atom. The number of rotatable bonds is 8. The third-order valence-corrected chi connectivity index (χ3v) is 3.79. The molecule has 6 nitrogen and oxygen atoms in total. The number of hydrogen-bond donors (Lipinski definition) is 1. The van der Waals surface area contributed by atoms with Gasteiger partial charge in [0.25, 0.3) is 0 Å². The van der Waals surface area contributed by atoms with Gasteiger partial charge in [0.2, 0.25) is 0 Å². The first-order chi connectivity index (χ1) is 9.10. The molecular weight excluding hydrogens is 311 g/mol. The predicted octanol–water partition coefficient (Wildman–Crippen LogP) is 1.03. The largest absolute Gasteiger partial charge is 0.316 e. The lowest BCUT2D eigenvalue weighted by molar-refractivity contribution is 0.439. The normalized spacial score (nSPS) is 12.2. The van der Waals surface area contributed by atoms with Crippen molar-refractivity contribution in [2.45, 2.75) is 0 Å². The lowest BCUT2D eigenvalue weighted by Crippen LogP contribution is -2.40. The first-order valence-electron chi connectivity index (χ1n) is 5.42. The quantitative estimate of drug-likeness (QED) is 0.441. The maximum Gasteiger partial charge on any atom is 0.316 e. The molecule has 0 saturated carbocycles. The molecule has 1 aromatic rings. The zero-order chi connectivity index (χ0) is 14.1. The van der Waals surface area contributed by atoms with E-state index in [1.165, 1.54) is 6.21 Å². The molecular formula is C10H14Cl2N4O2S. The van der Waals surface area contributed by atoms with E-state index in [-0.39, 0.29) is 24.8 Å². The smallest absolute Gasteiger partial charge is 0.264 e. The molecule has 1 heterocycles. The van der Waals surface area contributed by atoms with Gasteiger partial charge in [0.1, 0.15) is 0 Å². The van der Waals surface area contributed by atoms with Crippen molar-refractivity contribution in [3.63, 3.8) is 0 Å². The van der Waals surface area contributed by atoms with Gasteiger partial charge in [-0.05, 0) is 6.07 Å². The molecule has 0 amide bonds. The highest BCUT2D eigenvalue weighted by Crippen LogP contribution is 2.00. The Balaban J connectivity index is 2.65. The van der Waals surface area contributed by atoms with Crippen molar-refractivity contribution in [1.29, 1.82) is 0 Å². The van der Waals surface area contributed by atoms with E-state index in [1.807, 2.05) is 0 Å². The Morgan fingerprint density at radius 1 is 1.37 bits per heavy atom. The fourth-order valence-corrected chi connectivity index (χ4v) is 2.79. The van der Waals surface area contributed by atoms with E-state index in [4.69, 9.17) is 23.2 Å². The summed E-state index contributed by atoms with van der Waals surface area (Å²) in [4.78, 5) is 5.98. The van der Waals surface area contributed by atoms with Gasteiger partial charge in [-0.25, -0.2) is 0 Å². The Kier molecular flexibility index (Phi) is 7.07. The Bertz CT molecular complexity index is 490. The number of halogens is 2. The zero-order valence-corrected chi connectivity index (χ0v) is 12.4. The van der Waals surface area contributed by atoms with Crippen molar-refractivity contribution in [2.75, 3.05) is 24.8 Å². The Labute approximate surface area is 122 Å². The molecule has 0 aliphatic carbocycles. The van der Waals surface area contributed by atoms with Gasteiger partial charge in [-0.15, -0.1) is 23.2 Å². The standard InChI is InChI=1S/C10H14Cl2N4O2S/c11-3-6-16(7-4-12)19(17,18)15-14-9-10-2-1-5-13-8-10/h1-2,5,8-9,15H,3-4,6-7H2/b14-9+. The van der Waals surface area contributed by atoms with Crippen molar-refractivity contribution in [2.24, 2.45) is 5.10 Å². The van der Waals surface area contributed by atoms with E-state index >= 15 is 0 Å². The van der Waals surface area contributed by atoms with Gasteiger partial charge < -0.3 is 0 Å². The number of hydrazone groups is 1. The van der Waals surface area contributed by atoms with Crippen molar-refractivity contribution < 1.29 is 8.42 Å². The first-order valence-corrected chi connectivity index (χ1v) is 7.93. The molecule has 0 aromatic carbocycles. The van der Waals surface area contributed by atoms with Gasteiger partial charge in [-0.1, -0.05) is 6.07 Å². The molecule has 0 aliphatic rings. The van der Waals surface area contributed by atoms with E-state index in [9.17, 15) is 8.42 Å². The highest BCUT2D eigenvalue weighted by Gasteiger charge is 2.19. The maximum atomic E-state index is 11.9. The minimum Gasteiger partial charge on any atom is -0.264 e. The number of nitrogens with one attached hydrogen (secondary N) is 1. The van der Waals surface area contributed by atoms with E-state index < -0.39 is 10.2 Å². The molecule has 19 heavy (non-hydrogen) atoms. The van der Waals surface area contributed by atoms with Gasteiger partial charge in [-0.3, -0.25) is 4.98 Å². The van der Waals surface area contributed by atoms with Crippen LogP contribution in [0.5, 0.6) is 0 Å². The van der Waals surface area contributed by atoms with Crippen molar-refractivity contribution >= 4 is 39.6 Å². The number of alkyl halides is 2. The lowest BCUT2D eigenvalue weighted by atomic mass is 10.3. The first kappa shape index (κ1) is 16.2. The van der Waals surface area contributed by atoms with Crippen molar-refractivity contribution in [3.8, 4) is 0 Å². The summed E-state index contributed by atoms with van der Waals surface area (Å²) in [5, 5.41) is 3.67. The summed E-state index contributed by atoms with van der Waals surface area (Å²) in [5.74, 6) is 0.369. The maximum absolute atomic E-state index is 11.9. The van der Waals surface area contributed by atoms with Crippen molar-refractivity contribution in [3.05, 3.63) is 30.1 Å². The number of hydrogen-bond acceptors (Lipinski definition) is 4. The average molecular weight is 325 g/mol. The van der Waals surface area contributed by atoms with Crippen LogP contribution in [0, 0.1) is 0 Å². The molecule has 0 spiro atoms. The predicted molar refractivity (Wildman–Crippen MR) is 76.9 cm³/mol. The molecule has 0 atom stereocenters. The molecule has 0 radical (unpaired) electrons. The van der Waals surface area contributed by atoms with Crippen LogP contribution in [0.3, 0.4) is 0 Å². The Hall–Kier alpha value is -0.890. The second-order valence-corrected chi connectivity index (χ2v) is 5.82. The van der Waals surface area contributed by atoms with Gasteiger partial charge in [0, 0.05) is 42.8 Å². The van der Waals surface area contributed by atoms with E-state index in [0.29, 0.717) is 5.56 Å². The number of aromatic nitrogens is 1. The monoisotopic (exact) mass is 324 g/mol. The molecule has 9 heteroatoms. The Morgan fingerprint density at radius 2 is 2.05 bits per heavy atom. The molecule has 1 aromatic heterocycles. The average Bonchev–Trinajstić information content (AvgIpc) is 2.39. The molecule has 0 bridgehead atoms. The molecule has 0 saturated heterocycles. The van der Waals surface area contributed by atoms with Crippen LogP contribution in [0.15, 0.2) is 29.6 Å². The third-order valence-electron chi connectivity index (χ3n) is 2.07. The molecule has 1 N–H and O–H groups in total. The lowest BCUT2D eigenvalue weighted by Gasteiger charge is -2.18. The molecule has 0 fully saturated rings. The third kappa shape index (κ3) is 5.73. The van der Waals surface area contributed by atoms with Crippen LogP contribution in [-0.2, 0) is 10.2 Å². The SMILES string of the molecule is O=S(=O)(N/N=C/c1cccnc1)N(CCCl)CCCl. The summed E-state index contributed by atoms with van der Waals surface area (Å²) in [6.07, 6.45) is 4.54. The van der Waals surface area contributed by atoms with Gasteiger partial charge >= 0.3 is 10.2 Å². The van der Waals surface area contributed by atoms with Crippen LogP contribution in [0.4, 0.5) is 0 Å². The van der Waals surface area contributed by atoms with Gasteiger partial charge in [0.05, 0.1) is 6.21 Å². The van der Waals surface area contributed by atoms with Crippen LogP contribution in [0.1, 0.15) is 5.56 Å². The fraction of sp³-hybridized carbons (Fsp3) is 0.400. The van der Waals surface area contributed by atoms with E-state index in [0.717, 1.165) is 4.31 Å². The van der Waals surface area contributed by atoms with Crippen LogP contribution in [0.25, 0.3) is 0 Å². The second kappa shape index (κ2) is 8.31. The number of pyridine rings is 1. The van der Waals surface area contributed by atoms with Crippen LogP contribution < -0.4 is 4.83 Å². The van der Waals surface area contributed by atoms with E-state index in [1.54, 1.807) is 24.5 Å². The molecule has 0 aliphatic heterocycles. The summed E-state index contributed by atoms with van der Waals surface area (Å²) in [7, 11) is -3.72. The summed E-state index contributed by atoms with van der Waals surface area (Å²) >= 11 is 11.1. The van der Waals surface area contributed by atoms with Crippen LogP contribution in [0.2, 0.25) is 0 Å². The van der Waals surface area contributed by atoms with E-state index in [2.05, 4.69) is 14.9 Å². The van der Waals surface area contributed by atoms with Gasteiger partial charge in [-0.2, -0.15) is 22.7 Å². The van der Waals surface area contributed by atoms with Crippen LogP contribution >= 0.6 is 23.2 Å². The fourth-order valence-electron chi connectivity index (χ4n) is 1.22. The topological polar surface area (TPSA) is 74.7 Å².